The van der Waals surface area contributed by atoms with Crippen LogP contribution in [0.25, 0.3) is 0 Å². The Labute approximate surface area is 150 Å². The Kier molecular flexibility index (Phi) is 6.22. The summed E-state index contributed by atoms with van der Waals surface area (Å²) in [7, 11) is 1.77. The number of hydrogen-bond donors (Lipinski definition) is 0. The van der Waals surface area contributed by atoms with E-state index in [-0.39, 0.29) is 0 Å². The Morgan fingerprint density at radius 3 is 1.67 bits per heavy atom. The molecule has 0 heterocycles. The van der Waals surface area contributed by atoms with E-state index in [1.165, 1.54) is 34.3 Å². The molecule has 0 nitrogen and oxygen atoms in total. The number of rotatable bonds is 7. The molecule has 0 fully saturated rings. The smallest absolute Gasteiger partial charge is 0.0642 e. The molecule has 2 heteroatoms. The monoisotopic (exact) mass is 342 g/mol. The molecular weight excluding hydrogens is 320 g/mol. The van der Waals surface area contributed by atoms with Gasteiger partial charge in [-0.2, -0.15) is 0 Å². The maximum Gasteiger partial charge on any atom is 0.0811 e. The minimum absolute atomic E-state index is 0.733. The molecule has 3 rings (SSSR count). The number of benzene rings is 3. The molecule has 3 aromatic rings. The standard InChI is InChI=1S/C22H22Si2/c1-18-12-14-19(15-13-18)16-17-22(23-20-8-4-2-5-9-20)24-21-10-6-3-7-11-21/h2-15,22H,16-17H2,1H3. The molecule has 0 aliphatic rings. The van der Waals surface area contributed by atoms with Gasteiger partial charge in [-0.05, 0) is 24.1 Å². The van der Waals surface area contributed by atoms with Crippen LogP contribution in [0.4, 0.5) is 0 Å². The van der Waals surface area contributed by atoms with Crippen LogP contribution in [0.5, 0.6) is 0 Å². The quantitative estimate of drug-likeness (QED) is 0.574. The highest BCUT2D eigenvalue weighted by Gasteiger charge is 2.13. The molecule has 4 radical (unpaired) electrons. The van der Waals surface area contributed by atoms with Crippen LogP contribution in [0.3, 0.4) is 0 Å². The highest BCUT2D eigenvalue weighted by Crippen LogP contribution is 2.14. The van der Waals surface area contributed by atoms with Crippen molar-refractivity contribution >= 4 is 29.4 Å². The maximum atomic E-state index is 2.28. The van der Waals surface area contributed by atoms with E-state index in [1.807, 2.05) is 0 Å². The zero-order valence-electron chi connectivity index (χ0n) is 14.1. The molecule has 0 N–H and O–H groups in total. The van der Waals surface area contributed by atoms with E-state index >= 15 is 0 Å². The summed E-state index contributed by atoms with van der Waals surface area (Å²) in [6.07, 6.45) is 2.42. The first-order valence-corrected chi connectivity index (χ1v) is 10.6. The van der Waals surface area contributed by atoms with Crippen LogP contribution < -0.4 is 10.4 Å². The van der Waals surface area contributed by atoms with Gasteiger partial charge < -0.3 is 0 Å². The van der Waals surface area contributed by atoms with Crippen molar-refractivity contribution in [2.75, 3.05) is 0 Å². The molecule has 3 aromatic carbocycles. The van der Waals surface area contributed by atoms with Crippen LogP contribution in [0, 0.1) is 6.92 Å². The molecule has 24 heavy (non-hydrogen) atoms. The van der Waals surface area contributed by atoms with Gasteiger partial charge in [0.05, 0.1) is 19.0 Å². The first kappa shape index (κ1) is 16.9. The normalized spacial score (nSPS) is 10.9. The van der Waals surface area contributed by atoms with Crippen molar-refractivity contribution < 1.29 is 0 Å². The summed E-state index contributed by atoms with van der Waals surface area (Å²) in [5, 5.41) is 3.70. The van der Waals surface area contributed by atoms with Crippen molar-refractivity contribution in [1.82, 2.24) is 0 Å². The molecule has 0 atom stereocenters. The summed E-state index contributed by atoms with van der Waals surface area (Å²) in [6, 6.07) is 30.9. The van der Waals surface area contributed by atoms with Gasteiger partial charge in [-0.1, -0.05) is 107 Å². The predicted molar refractivity (Wildman–Crippen MR) is 107 cm³/mol. The van der Waals surface area contributed by atoms with Gasteiger partial charge in [-0.15, -0.1) is 0 Å². The lowest BCUT2D eigenvalue weighted by atomic mass is 10.1. The largest absolute Gasteiger partial charge is 0.0811 e. The third-order valence-electron chi connectivity index (χ3n) is 4.07. The van der Waals surface area contributed by atoms with Crippen molar-refractivity contribution in [3.63, 3.8) is 0 Å². The lowest BCUT2D eigenvalue weighted by Gasteiger charge is -2.16. The molecule has 0 saturated carbocycles. The van der Waals surface area contributed by atoms with Crippen LogP contribution >= 0.6 is 0 Å². The number of hydrogen-bond acceptors (Lipinski definition) is 0. The van der Waals surface area contributed by atoms with Gasteiger partial charge in [0.15, 0.2) is 0 Å². The second-order valence-electron chi connectivity index (χ2n) is 6.10. The van der Waals surface area contributed by atoms with E-state index in [9.17, 15) is 0 Å². The van der Waals surface area contributed by atoms with Crippen molar-refractivity contribution in [3.8, 4) is 0 Å². The summed E-state index contributed by atoms with van der Waals surface area (Å²) in [5.41, 5.74) is 2.80. The van der Waals surface area contributed by atoms with E-state index in [2.05, 4.69) is 91.9 Å². The van der Waals surface area contributed by atoms with Gasteiger partial charge in [0.25, 0.3) is 0 Å². The fourth-order valence-electron chi connectivity index (χ4n) is 2.72. The molecular formula is C22H22Si2. The Morgan fingerprint density at radius 2 is 1.17 bits per heavy atom. The Morgan fingerprint density at radius 1 is 0.667 bits per heavy atom. The molecule has 0 aliphatic heterocycles. The molecule has 0 unspecified atom stereocenters. The SMILES string of the molecule is Cc1ccc(CCC([Si]c2ccccc2)[Si]c2ccccc2)cc1. The highest BCUT2D eigenvalue weighted by molar-refractivity contribution is 6.73. The zero-order chi connectivity index (χ0) is 16.6. The van der Waals surface area contributed by atoms with E-state index in [1.54, 1.807) is 0 Å². The van der Waals surface area contributed by atoms with E-state index in [0.717, 1.165) is 24.2 Å². The third kappa shape index (κ3) is 5.32. The van der Waals surface area contributed by atoms with Gasteiger partial charge in [0.2, 0.25) is 0 Å². The average molecular weight is 343 g/mol. The lowest BCUT2D eigenvalue weighted by Crippen LogP contribution is -2.29. The van der Waals surface area contributed by atoms with Crippen molar-refractivity contribution in [2.45, 2.75) is 24.9 Å². The van der Waals surface area contributed by atoms with Gasteiger partial charge >= 0.3 is 0 Å². The minimum atomic E-state index is 0.733. The lowest BCUT2D eigenvalue weighted by molar-refractivity contribution is 0.876. The average Bonchev–Trinajstić information content (AvgIpc) is 2.63. The highest BCUT2D eigenvalue weighted by atomic mass is 28.3. The zero-order valence-corrected chi connectivity index (χ0v) is 16.1. The molecule has 0 aromatic heterocycles. The summed E-state index contributed by atoms with van der Waals surface area (Å²) in [4.78, 5) is 0. The van der Waals surface area contributed by atoms with Gasteiger partial charge in [-0.3, -0.25) is 0 Å². The van der Waals surface area contributed by atoms with Crippen LogP contribution in [-0.2, 0) is 6.42 Å². The van der Waals surface area contributed by atoms with Crippen LogP contribution in [-0.4, -0.2) is 19.0 Å². The van der Waals surface area contributed by atoms with Crippen LogP contribution in [0.15, 0.2) is 84.9 Å². The second kappa shape index (κ2) is 8.81. The van der Waals surface area contributed by atoms with Gasteiger partial charge in [0.1, 0.15) is 0 Å². The van der Waals surface area contributed by atoms with Crippen LogP contribution in [0.2, 0.25) is 5.16 Å². The summed E-state index contributed by atoms with van der Waals surface area (Å²) >= 11 is 0. The molecule has 0 spiro atoms. The fourth-order valence-corrected chi connectivity index (χ4v) is 6.16. The van der Waals surface area contributed by atoms with E-state index < -0.39 is 0 Å². The van der Waals surface area contributed by atoms with Gasteiger partial charge in [0, 0.05) is 0 Å². The summed E-state index contributed by atoms with van der Waals surface area (Å²) in [5.74, 6) is 0. The van der Waals surface area contributed by atoms with E-state index in [0.29, 0.717) is 0 Å². The topological polar surface area (TPSA) is 0 Å². The van der Waals surface area contributed by atoms with Gasteiger partial charge in [-0.25, -0.2) is 0 Å². The minimum Gasteiger partial charge on any atom is -0.0642 e. The fraction of sp³-hybridized carbons (Fsp3) is 0.182. The van der Waals surface area contributed by atoms with Crippen molar-refractivity contribution in [3.05, 3.63) is 96.1 Å². The Balaban J connectivity index is 1.67. The molecule has 0 bridgehead atoms. The van der Waals surface area contributed by atoms with Crippen molar-refractivity contribution in [2.24, 2.45) is 0 Å². The summed E-state index contributed by atoms with van der Waals surface area (Å²) in [6.45, 7) is 2.15. The predicted octanol–water partition coefficient (Wildman–Crippen LogP) is 3.73. The third-order valence-corrected chi connectivity index (χ3v) is 7.55. The van der Waals surface area contributed by atoms with Crippen LogP contribution in [0.1, 0.15) is 17.5 Å². The molecule has 0 saturated heterocycles. The maximum absolute atomic E-state index is 2.28. The van der Waals surface area contributed by atoms with Crippen molar-refractivity contribution in [1.29, 1.82) is 0 Å². The molecule has 118 valence electrons. The molecule has 0 aliphatic carbocycles. The number of aryl methyl sites for hydroxylation is 2. The first-order valence-electron chi connectivity index (χ1n) is 8.48. The Bertz CT molecular complexity index is 679. The Hall–Kier alpha value is -1.91. The molecule has 0 amide bonds. The second-order valence-corrected chi connectivity index (χ2v) is 9.80. The summed E-state index contributed by atoms with van der Waals surface area (Å²) < 4.78 is 0. The first-order chi connectivity index (χ1) is 11.8. The van der Waals surface area contributed by atoms with E-state index in [4.69, 9.17) is 0 Å².